The quantitative estimate of drug-likeness (QED) is 0.182. The first-order chi connectivity index (χ1) is 50.7. The van der Waals surface area contributed by atoms with Crippen molar-refractivity contribution in [1.29, 1.82) is 0 Å². The lowest BCUT2D eigenvalue weighted by molar-refractivity contribution is -0.158. The van der Waals surface area contributed by atoms with Crippen molar-refractivity contribution >= 4 is 82.5 Å². The second-order valence-corrected chi connectivity index (χ2v) is 32.0. The maximum absolute atomic E-state index is 16.0. The number of fused-ring (bicyclic) bond motifs is 1. The van der Waals surface area contributed by atoms with Gasteiger partial charge in [-0.3, -0.25) is 62.5 Å². The number of alkyl halides is 3. The summed E-state index contributed by atoms with van der Waals surface area (Å²) in [6, 6.07) is -3.70. The summed E-state index contributed by atoms with van der Waals surface area (Å²) in [5, 5.41) is 8.22. The molecule has 0 radical (unpaired) electrons. The number of aromatic nitrogens is 1. The summed E-state index contributed by atoms with van der Waals surface area (Å²) in [6.07, 6.45) is 9.19. The Morgan fingerprint density at radius 3 is 1.85 bits per heavy atom. The number of benzene rings is 1. The van der Waals surface area contributed by atoms with Crippen molar-refractivity contribution < 1.29 is 70.7 Å². The van der Waals surface area contributed by atoms with E-state index in [1.165, 1.54) is 97.2 Å². The van der Waals surface area contributed by atoms with Crippen LogP contribution in [0.25, 0.3) is 0 Å². The molecule has 1 aromatic heterocycles. The number of pyridine rings is 1. The molecule has 3 saturated heterocycles. The van der Waals surface area contributed by atoms with E-state index in [1.54, 1.807) is 24.0 Å². The van der Waals surface area contributed by atoms with Gasteiger partial charge in [0.05, 0.1) is 30.1 Å². The number of piperidine rings is 1. The highest BCUT2D eigenvalue weighted by Crippen LogP contribution is 2.39. The molecule has 1 aromatic carbocycles. The Bertz CT molecular complexity index is 3490. The predicted octanol–water partition coefficient (Wildman–Crippen LogP) is 7.04. The van der Waals surface area contributed by atoms with E-state index in [0.717, 1.165) is 79.7 Å². The molecule has 0 bridgehead atoms. The first kappa shape index (κ1) is 84.7. The molecule has 6 fully saturated rings. The Balaban J connectivity index is 1.22. The van der Waals surface area contributed by atoms with Crippen LogP contribution in [0.3, 0.4) is 0 Å². The zero-order chi connectivity index (χ0) is 78.4. The molecule has 4 heterocycles. The zero-order valence-electron chi connectivity index (χ0n) is 64.6. The van der Waals surface area contributed by atoms with Crippen molar-refractivity contribution in [2.75, 3.05) is 82.1 Å². The molecule has 3 aliphatic heterocycles. The lowest BCUT2D eigenvalue weighted by Crippen LogP contribution is -2.66. The highest BCUT2D eigenvalue weighted by molar-refractivity contribution is 6.31. The Hall–Kier alpha value is -7.91. The van der Waals surface area contributed by atoms with E-state index in [-0.39, 0.29) is 75.3 Å². The fraction of sp³-hybridized carbons (Fsp3) is 0.705. The number of nitrogens with one attached hydrogen (secondary N) is 3. The average Bonchev–Trinajstić information content (AvgIpc) is 1.74. The third-order valence-electron chi connectivity index (χ3n) is 23.6. The Morgan fingerprint density at radius 2 is 1.26 bits per heavy atom. The van der Waals surface area contributed by atoms with E-state index in [0.29, 0.717) is 63.6 Å². The summed E-state index contributed by atoms with van der Waals surface area (Å²) in [4.78, 5) is 199. The minimum absolute atomic E-state index is 0.00736. The molecule has 1 spiro atoms. The monoisotopic (exact) mass is 1520 g/mol. The maximum atomic E-state index is 16.0. The molecular weight excluding hydrogens is 1400 g/mol. The zero-order valence-corrected chi connectivity index (χ0v) is 65.3. The molecule has 8 rings (SSSR count). The summed E-state index contributed by atoms with van der Waals surface area (Å²) in [5.74, 6) is -8.93. The van der Waals surface area contributed by atoms with Crippen LogP contribution in [0.15, 0.2) is 42.7 Å². The fourth-order valence-corrected chi connectivity index (χ4v) is 16.9. The van der Waals surface area contributed by atoms with Crippen molar-refractivity contribution in [3.8, 4) is 0 Å². The van der Waals surface area contributed by atoms with Crippen LogP contribution in [-0.2, 0) is 76.6 Å². The molecule has 0 unspecified atom stereocenters. The largest absolute Gasteiger partial charge is 0.417 e. The maximum Gasteiger partial charge on any atom is 0.417 e. The predicted molar refractivity (Wildman–Crippen MR) is 396 cm³/mol. The van der Waals surface area contributed by atoms with Gasteiger partial charge in [-0.05, 0) is 130 Å². The normalized spacial score (nSPS) is 26.5. The van der Waals surface area contributed by atoms with Gasteiger partial charge in [0.2, 0.25) is 70.9 Å². The number of rotatable bonds is 13. The van der Waals surface area contributed by atoms with Gasteiger partial charge in [0.15, 0.2) is 0 Å². The molecule has 12 amide bonds. The lowest BCUT2D eigenvalue weighted by atomic mass is 9.81. The smallest absolute Gasteiger partial charge is 0.343 e. The summed E-state index contributed by atoms with van der Waals surface area (Å²) in [7, 11) is 10.1. The SMILES string of the molecule is CC[C@H](C)[C@@H]1NC(=O)[C@H](CC(C)C)N(C)C(=O)C[C@@H](C(=O)N2CCCCC2)N(C)C(=O)[C@H](C2CCCCC2)N(C)C(=O)C2(CCCC2)NC(=O)[C@H](Cc2cccnc2)N(C)C(=O)[C@H](CCc2ccc(C(F)(F)F)c(Cl)c2)NC(=O)CN(C)C(=O)[C@H](CC2CCCCC2)N(C)C(=O)[C@@H]2CCN2C(=O)CN(C)C1=O. The Kier molecular flexibility index (Phi) is 30.0. The van der Waals surface area contributed by atoms with E-state index < -0.39 is 173 Å². The summed E-state index contributed by atoms with van der Waals surface area (Å²) >= 11 is 6.22. The first-order valence-corrected chi connectivity index (χ1v) is 39.1. The minimum Gasteiger partial charge on any atom is -0.343 e. The van der Waals surface area contributed by atoms with Gasteiger partial charge in [-0.15, -0.1) is 0 Å². The van der Waals surface area contributed by atoms with Gasteiger partial charge >= 0.3 is 6.18 Å². The Morgan fingerprint density at radius 1 is 0.636 bits per heavy atom. The molecule has 107 heavy (non-hydrogen) atoms. The van der Waals surface area contributed by atoms with Crippen LogP contribution in [0.5, 0.6) is 0 Å². The number of hydrogen-bond acceptors (Lipinski definition) is 13. The fourth-order valence-electron chi connectivity index (χ4n) is 16.6. The summed E-state index contributed by atoms with van der Waals surface area (Å²) < 4.78 is 42.0. The van der Waals surface area contributed by atoms with Gasteiger partial charge in [-0.1, -0.05) is 122 Å². The number of carbonyl (C=O) groups is 12. The highest BCUT2D eigenvalue weighted by atomic mass is 35.5. The van der Waals surface area contributed by atoms with Gasteiger partial charge in [0.25, 0.3) is 0 Å². The van der Waals surface area contributed by atoms with Crippen molar-refractivity contribution in [2.45, 2.75) is 248 Å². The van der Waals surface area contributed by atoms with Crippen LogP contribution < -0.4 is 16.0 Å². The second kappa shape index (κ2) is 38.0. The van der Waals surface area contributed by atoms with E-state index >= 15 is 38.4 Å². The third kappa shape index (κ3) is 21.1. The number of aryl methyl sites for hydroxylation is 1. The number of nitrogens with zero attached hydrogens (tertiary/aromatic N) is 10. The van der Waals surface area contributed by atoms with E-state index in [4.69, 9.17) is 11.6 Å². The second-order valence-electron chi connectivity index (χ2n) is 31.6. The van der Waals surface area contributed by atoms with Crippen molar-refractivity contribution in [1.82, 2.24) is 65.0 Å². The van der Waals surface area contributed by atoms with Crippen LogP contribution in [-0.4, -0.2) is 256 Å². The molecule has 6 aliphatic rings. The number of likely N-dealkylation sites (N-methyl/N-ethyl adjacent to an activating group) is 7. The van der Waals surface area contributed by atoms with Crippen molar-refractivity contribution in [2.24, 2.45) is 23.7 Å². The van der Waals surface area contributed by atoms with Gasteiger partial charge in [-0.25, -0.2) is 0 Å². The van der Waals surface area contributed by atoms with E-state index in [2.05, 4.69) is 20.9 Å². The summed E-state index contributed by atoms with van der Waals surface area (Å²) in [5.41, 5.74) is -1.98. The van der Waals surface area contributed by atoms with Gasteiger partial charge in [0, 0.05) is 87.8 Å². The number of halogens is 4. The molecule has 3 aliphatic carbocycles. The third-order valence-corrected chi connectivity index (χ3v) is 23.9. The molecular formula is C78H115ClF3N13O12. The molecule has 3 saturated carbocycles. The number of hydrogen-bond donors (Lipinski definition) is 3. The molecule has 29 heteroatoms. The number of likely N-dealkylation sites (tertiary alicyclic amines) is 1. The lowest BCUT2D eigenvalue weighted by Gasteiger charge is -2.44. The molecule has 592 valence electrons. The topological polar surface area (TPSA) is 283 Å². The van der Waals surface area contributed by atoms with Crippen LogP contribution >= 0.6 is 11.6 Å². The Labute approximate surface area is 633 Å². The standard InChI is InChI=1S/C78H115ClF3N13O12/c1-12-50(4)66-74(105)88(6)48-65(98)95-40-34-58(95)72(103)91(9)61(43-51-25-16-13-17-26-51)71(102)87(5)47-63(96)84-57(33-31-52-30-32-55(56(79)42-52)78(80,81)82)70(101)90(8)60(44-53-27-24-37-83-46-53)69(100)86-77(35-20-21-36-77)76(107)93(11)67(54-28-18-14-19-29-54)75(106)92(10)62(73(104)94-38-22-15-23-39-94)45-64(97)89(7)59(41-49(2)3)68(99)85-66/h24,27,30,32,37,42,46,49-51,54,57-62,66-67H,12-23,25-26,28-29,31,33-36,38-41,43-45,47-48H2,1-11H3,(H,84,96)(H,85,99)(H,86,100)/t50-,57-,58-,59-,60-,61-,62-,66-,67-/m0/s1. The molecule has 9 atom stereocenters. The summed E-state index contributed by atoms with van der Waals surface area (Å²) in [6.45, 7) is 7.10. The van der Waals surface area contributed by atoms with Gasteiger partial charge < -0.3 is 60.0 Å². The first-order valence-electron chi connectivity index (χ1n) is 38.8. The van der Waals surface area contributed by atoms with Crippen LogP contribution in [0.2, 0.25) is 5.02 Å². The molecule has 25 nitrogen and oxygen atoms in total. The average molecular weight is 1520 g/mol. The van der Waals surface area contributed by atoms with Crippen LogP contribution in [0.4, 0.5) is 13.2 Å². The number of carbonyl (C=O) groups excluding carboxylic acids is 12. The van der Waals surface area contributed by atoms with Crippen LogP contribution in [0, 0.1) is 23.7 Å². The number of amides is 12. The van der Waals surface area contributed by atoms with Crippen LogP contribution in [0.1, 0.15) is 192 Å². The van der Waals surface area contributed by atoms with Crippen molar-refractivity contribution in [3.63, 3.8) is 0 Å². The van der Waals surface area contributed by atoms with E-state index in [9.17, 15) is 32.3 Å². The van der Waals surface area contributed by atoms with Crippen molar-refractivity contribution in [3.05, 3.63) is 64.4 Å². The van der Waals surface area contributed by atoms with Gasteiger partial charge in [0.1, 0.15) is 53.9 Å². The molecule has 2 aromatic rings. The minimum atomic E-state index is -4.78. The van der Waals surface area contributed by atoms with Gasteiger partial charge in [-0.2, -0.15) is 13.2 Å². The van der Waals surface area contributed by atoms with E-state index in [1.807, 2.05) is 20.8 Å². The molecule has 3 N–H and O–H groups in total. The highest BCUT2D eigenvalue weighted by Gasteiger charge is 2.52.